The van der Waals surface area contributed by atoms with Crippen LogP contribution in [-0.4, -0.2) is 15.5 Å². The van der Waals surface area contributed by atoms with Crippen LogP contribution < -0.4 is 5.32 Å². The Kier molecular flexibility index (Phi) is 2.77. The van der Waals surface area contributed by atoms with E-state index in [1.807, 2.05) is 0 Å². The van der Waals surface area contributed by atoms with Crippen molar-refractivity contribution in [3.8, 4) is 0 Å². The van der Waals surface area contributed by atoms with E-state index in [1.165, 1.54) is 49.8 Å². The molecule has 17 heavy (non-hydrogen) atoms. The molecule has 1 aromatic heterocycles. The van der Waals surface area contributed by atoms with E-state index < -0.39 is 0 Å². The summed E-state index contributed by atoms with van der Waals surface area (Å²) in [5, 5.41) is 3.72. The number of hydrogen-bond donors (Lipinski definition) is 1. The second-order valence-electron chi connectivity index (χ2n) is 5.47. The number of nitrogens with one attached hydrogen (secondary N) is 1. The third-order valence-corrected chi connectivity index (χ3v) is 4.50. The first-order valence-corrected chi connectivity index (χ1v) is 6.94. The van der Waals surface area contributed by atoms with Crippen molar-refractivity contribution in [1.29, 1.82) is 0 Å². The molecule has 1 saturated carbocycles. The number of aromatic nitrogens is 2. The van der Waals surface area contributed by atoms with Crippen molar-refractivity contribution in [3.63, 3.8) is 0 Å². The molecule has 1 N–H and O–H groups in total. The molecule has 1 aromatic rings. The molecule has 2 aliphatic carbocycles. The summed E-state index contributed by atoms with van der Waals surface area (Å²) in [7, 11) is 0. The van der Waals surface area contributed by atoms with E-state index in [0.29, 0.717) is 5.54 Å². The molecule has 0 amide bonds. The maximum absolute atomic E-state index is 4.48. The monoisotopic (exact) mass is 231 g/mol. The highest BCUT2D eigenvalue weighted by molar-refractivity contribution is 5.49. The average molecular weight is 231 g/mol. The van der Waals surface area contributed by atoms with Gasteiger partial charge in [0.15, 0.2) is 0 Å². The minimum atomic E-state index is 0.333. The fraction of sp³-hybridized carbons (Fsp3) is 0.714. The molecular formula is C14H21N3. The third kappa shape index (κ3) is 1.92. The van der Waals surface area contributed by atoms with Gasteiger partial charge >= 0.3 is 0 Å². The molecule has 2 aliphatic rings. The lowest BCUT2D eigenvalue weighted by Gasteiger charge is -2.43. The Bertz CT molecular complexity index is 404. The highest BCUT2D eigenvalue weighted by atomic mass is 15.1. The Hall–Kier alpha value is -1.12. The van der Waals surface area contributed by atoms with Gasteiger partial charge in [-0.2, -0.15) is 0 Å². The highest BCUT2D eigenvalue weighted by Gasteiger charge is 2.36. The van der Waals surface area contributed by atoms with E-state index in [1.54, 1.807) is 6.33 Å². The van der Waals surface area contributed by atoms with Crippen LogP contribution in [0.5, 0.6) is 0 Å². The van der Waals surface area contributed by atoms with Crippen LogP contribution in [-0.2, 0) is 12.8 Å². The second-order valence-corrected chi connectivity index (χ2v) is 5.47. The van der Waals surface area contributed by atoms with Crippen molar-refractivity contribution in [1.82, 2.24) is 9.97 Å². The molecule has 0 atom stereocenters. The molecule has 1 heterocycles. The van der Waals surface area contributed by atoms with Gasteiger partial charge in [-0.05, 0) is 51.4 Å². The van der Waals surface area contributed by atoms with Crippen LogP contribution in [0.15, 0.2) is 6.33 Å². The summed E-state index contributed by atoms with van der Waals surface area (Å²) in [5.41, 5.74) is 3.00. The minimum Gasteiger partial charge on any atom is -0.364 e. The van der Waals surface area contributed by atoms with E-state index in [9.17, 15) is 0 Å². The van der Waals surface area contributed by atoms with E-state index >= 15 is 0 Å². The molecule has 3 rings (SSSR count). The van der Waals surface area contributed by atoms with Crippen LogP contribution in [0.4, 0.5) is 5.82 Å². The maximum Gasteiger partial charge on any atom is 0.133 e. The molecule has 3 nitrogen and oxygen atoms in total. The van der Waals surface area contributed by atoms with Crippen LogP contribution in [0.1, 0.15) is 56.7 Å². The Labute approximate surface area is 103 Å². The fourth-order valence-corrected chi connectivity index (χ4v) is 3.05. The van der Waals surface area contributed by atoms with Gasteiger partial charge in [-0.1, -0.05) is 6.92 Å². The van der Waals surface area contributed by atoms with E-state index in [0.717, 1.165) is 18.7 Å². The lowest BCUT2D eigenvalue weighted by atomic mass is 9.74. The normalized spacial score (nSPS) is 21.5. The Morgan fingerprint density at radius 3 is 2.71 bits per heavy atom. The molecule has 0 spiro atoms. The number of aryl methyl sites for hydroxylation is 1. The highest BCUT2D eigenvalue weighted by Crippen LogP contribution is 2.39. The van der Waals surface area contributed by atoms with E-state index in [2.05, 4.69) is 22.2 Å². The number of rotatable bonds is 3. The van der Waals surface area contributed by atoms with Gasteiger partial charge < -0.3 is 5.32 Å². The molecule has 0 saturated heterocycles. The van der Waals surface area contributed by atoms with Gasteiger partial charge in [0.2, 0.25) is 0 Å². The van der Waals surface area contributed by atoms with Crippen LogP contribution in [0.2, 0.25) is 0 Å². The Morgan fingerprint density at radius 1 is 1.18 bits per heavy atom. The van der Waals surface area contributed by atoms with Crippen molar-refractivity contribution in [2.24, 2.45) is 0 Å². The summed E-state index contributed by atoms with van der Waals surface area (Å²) in [4.78, 5) is 8.91. The largest absolute Gasteiger partial charge is 0.364 e. The molecule has 0 bridgehead atoms. The van der Waals surface area contributed by atoms with Crippen molar-refractivity contribution in [3.05, 3.63) is 17.6 Å². The predicted molar refractivity (Wildman–Crippen MR) is 69.2 cm³/mol. The zero-order valence-electron chi connectivity index (χ0n) is 10.6. The zero-order chi connectivity index (χ0) is 11.7. The Balaban J connectivity index is 1.87. The molecule has 1 fully saturated rings. The summed E-state index contributed by atoms with van der Waals surface area (Å²) in [5.74, 6) is 1.12. The first-order valence-electron chi connectivity index (χ1n) is 6.94. The molecule has 0 aromatic carbocycles. The molecule has 0 unspecified atom stereocenters. The van der Waals surface area contributed by atoms with Gasteiger partial charge in [-0.15, -0.1) is 0 Å². The number of nitrogens with zero attached hydrogens (tertiary/aromatic N) is 2. The molecule has 3 heteroatoms. The maximum atomic E-state index is 4.48. The van der Waals surface area contributed by atoms with Crippen molar-refractivity contribution < 1.29 is 0 Å². The van der Waals surface area contributed by atoms with Crippen molar-refractivity contribution in [2.45, 2.75) is 63.8 Å². The van der Waals surface area contributed by atoms with Gasteiger partial charge in [0, 0.05) is 16.8 Å². The van der Waals surface area contributed by atoms with Crippen molar-refractivity contribution >= 4 is 5.82 Å². The Morgan fingerprint density at radius 2 is 2.00 bits per heavy atom. The molecule has 0 radical (unpaired) electrons. The second kappa shape index (κ2) is 4.28. The van der Waals surface area contributed by atoms with Gasteiger partial charge in [0.1, 0.15) is 12.1 Å². The standard InChI is InChI=1S/C14H21N3/c1-2-14(8-5-9-14)17-13-11-6-3-4-7-12(11)15-10-16-13/h10H,2-9H2,1H3,(H,15,16,17). The lowest BCUT2D eigenvalue weighted by molar-refractivity contribution is 0.268. The van der Waals surface area contributed by atoms with Crippen LogP contribution >= 0.6 is 0 Å². The van der Waals surface area contributed by atoms with E-state index in [4.69, 9.17) is 0 Å². The van der Waals surface area contributed by atoms with Crippen LogP contribution in [0.25, 0.3) is 0 Å². The summed E-state index contributed by atoms with van der Waals surface area (Å²) < 4.78 is 0. The summed E-state index contributed by atoms with van der Waals surface area (Å²) >= 11 is 0. The zero-order valence-corrected chi connectivity index (χ0v) is 10.6. The van der Waals surface area contributed by atoms with Gasteiger partial charge in [0.05, 0.1) is 0 Å². The topological polar surface area (TPSA) is 37.8 Å². The predicted octanol–water partition coefficient (Wildman–Crippen LogP) is 3.10. The average Bonchev–Trinajstić information content (AvgIpc) is 2.34. The fourth-order valence-electron chi connectivity index (χ4n) is 3.05. The van der Waals surface area contributed by atoms with Gasteiger partial charge in [-0.25, -0.2) is 9.97 Å². The summed E-state index contributed by atoms with van der Waals surface area (Å²) in [6.07, 6.45) is 11.7. The number of anilines is 1. The lowest BCUT2D eigenvalue weighted by Crippen LogP contribution is -2.45. The summed E-state index contributed by atoms with van der Waals surface area (Å²) in [6.45, 7) is 2.28. The quantitative estimate of drug-likeness (QED) is 0.868. The smallest absolute Gasteiger partial charge is 0.133 e. The minimum absolute atomic E-state index is 0.333. The third-order valence-electron chi connectivity index (χ3n) is 4.50. The molecule has 92 valence electrons. The first-order chi connectivity index (χ1) is 8.33. The number of fused-ring (bicyclic) bond motifs is 1. The van der Waals surface area contributed by atoms with Crippen LogP contribution in [0.3, 0.4) is 0 Å². The molecular weight excluding hydrogens is 210 g/mol. The van der Waals surface area contributed by atoms with Crippen molar-refractivity contribution in [2.75, 3.05) is 5.32 Å². The first kappa shape index (κ1) is 11.0. The summed E-state index contributed by atoms with van der Waals surface area (Å²) in [6, 6.07) is 0. The number of hydrogen-bond acceptors (Lipinski definition) is 3. The van der Waals surface area contributed by atoms with E-state index in [-0.39, 0.29) is 0 Å². The molecule has 0 aliphatic heterocycles. The van der Waals surface area contributed by atoms with Crippen LogP contribution in [0, 0.1) is 0 Å². The SMILES string of the molecule is CCC1(Nc2ncnc3c2CCCC3)CCC1. The van der Waals surface area contributed by atoms with Gasteiger partial charge in [0.25, 0.3) is 0 Å². The van der Waals surface area contributed by atoms with Gasteiger partial charge in [-0.3, -0.25) is 0 Å².